The third-order valence-corrected chi connectivity index (χ3v) is 5.65. The highest BCUT2D eigenvalue weighted by atomic mass is 15.2. The van der Waals surface area contributed by atoms with Gasteiger partial charge in [-0.2, -0.15) is 0 Å². The molecular weight excluding hydrogens is 232 g/mol. The Morgan fingerprint density at radius 1 is 1.00 bits per heavy atom. The van der Waals surface area contributed by atoms with Gasteiger partial charge in [-0.3, -0.25) is 4.90 Å². The Kier molecular flexibility index (Phi) is 4.62. The van der Waals surface area contributed by atoms with E-state index in [4.69, 9.17) is 5.73 Å². The van der Waals surface area contributed by atoms with Gasteiger partial charge in [0.2, 0.25) is 0 Å². The first-order valence-corrected chi connectivity index (χ1v) is 8.28. The Morgan fingerprint density at radius 2 is 1.58 bits per heavy atom. The summed E-state index contributed by atoms with van der Waals surface area (Å²) in [6, 6.07) is 1.03. The molecule has 1 aliphatic carbocycles. The van der Waals surface area contributed by atoms with Crippen LogP contribution in [0.25, 0.3) is 0 Å². The standard InChI is InChI=1S/C17H34N2/c1-12-10-13(2)16(15(18)11-12)19-8-6-14(7-9-19)17(3,4)5/h12-16H,6-11,18H2,1-5H3. The molecule has 0 aromatic carbocycles. The predicted octanol–water partition coefficient (Wildman–Crippen LogP) is 3.51. The molecule has 1 saturated heterocycles. The van der Waals surface area contributed by atoms with Gasteiger partial charge in [-0.05, 0) is 61.9 Å². The van der Waals surface area contributed by atoms with Crippen molar-refractivity contribution in [3.05, 3.63) is 0 Å². The Labute approximate surface area is 120 Å². The smallest absolute Gasteiger partial charge is 0.0272 e. The minimum absolute atomic E-state index is 0.393. The summed E-state index contributed by atoms with van der Waals surface area (Å²) in [5.41, 5.74) is 6.94. The maximum Gasteiger partial charge on any atom is 0.0272 e. The first kappa shape index (κ1) is 15.3. The molecule has 112 valence electrons. The topological polar surface area (TPSA) is 29.3 Å². The number of hydrogen-bond acceptors (Lipinski definition) is 2. The first-order valence-electron chi connectivity index (χ1n) is 8.28. The van der Waals surface area contributed by atoms with E-state index in [1.807, 2.05) is 0 Å². The summed E-state index contributed by atoms with van der Waals surface area (Å²) in [5.74, 6) is 2.47. The molecule has 2 aliphatic rings. The minimum atomic E-state index is 0.393. The quantitative estimate of drug-likeness (QED) is 0.787. The predicted molar refractivity (Wildman–Crippen MR) is 83.1 cm³/mol. The number of likely N-dealkylation sites (tertiary alicyclic amines) is 1. The average molecular weight is 266 g/mol. The van der Waals surface area contributed by atoms with Crippen LogP contribution in [-0.2, 0) is 0 Å². The van der Waals surface area contributed by atoms with E-state index < -0.39 is 0 Å². The summed E-state index contributed by atoms with van der Waals surface area (Å²) in [6.45, 7) is 14.5. The number of rotatable bonds is 1. The molecule has 1 heterocycles. The Hall–Kier alpha value is -0.0800. The second-order valence-electron chi connectivity index (χ2n) is 8.38. The van der Waals surface area contributed by atoms with E-state index in [1.165, 1.54) is 38.8 Å². The Bertz CT molecular complexity index is 274. The molecule has 19 heavy (non-hydrogen) atoms. The molecule has 0 aromatic rings. The molecule has 4 atom stereocenters. The van der Waals surface area contributed by atoms with Gasteiger partial charge in [-0.1, -0.05) is 34.6 Å². The lowest BCUT2D eigenvalue weighted by atomic mass is 9.72. The highest BCUT2D eigenvalue weighted by Gasteiger charge is 2.38. The third-order valence-electron chi connectivity index (χ3n) is 5.65. The molecule has 2 heteroatoms. The lowest BCUT2D eigenvalue weighted by Gasteiger charge is -2.48. The van der Waals surface area contributed by atoms with Crippen molar-refractivity contribution >= 4 is 0 Å². The highest BCUT2D eigenvalue weighted by Crippen LogP contribution is 2.38. The number of piperidine rings is 1. The SMILES string of the molecule is CC1CC(C)C(N2CCC(C(C)(C)C)CC2)C(N)C1. The van der Waals surface area contributed by atoms with Crippen molar-refractivity contribution in [2.45, 2.75) is 72.4 Å². The molecule has 1 saturated carbocycles. The fourth-order valence-electron chi connectivity index (χ4n) is 4.59. The van der Waals surface area contributed by atoms with Crippen molar-refractivity contribution in [1.29, 1.82) is 0 Å². The molecule has 1 aliphatic heterocycles. The zero-order valence-corrected chi connectivity index (χ0v) is 13.7. The lowest BCUT2D eigenvalue weighted by molar-refractivity contribution is 0.0277. The molecule has 0 aromatic heterocycles. The maximum absolute atomic E-state index is 6.47. The maximum atomic E-state index is 6.47. The third kappa shape index (κ3) is 3.52. The largest absolute Gasteiger partial charge is 0.326 e. The van der Waals surface area contributed by atoms with Gasteiger partial charge in [-0.15, -0.1) is 0 Å². The van der Waals surface area contributed by atoms with Crippen molar-refractivity contribution in [2.24, 2.45) is 28.9 Å². The van der Waals surface area contributed by atoms with E-state index in [1.54, 1.807) is 0 Å². The first-order chi connectivity index (χ1) is 8.79. The highest BCUT2D eigenvalue weighted by molar-refractivity contribution is 4.94. The fourth-order valence-corrected chi connectivity index (χ4v) is 4.59. The van der Waals surface area contributed by atoms with Crippen LogP contribution in [0.2, 0.25) is 0 Å². The van der Waals surface area contributed by atoms with E-state index in [-0.39, 0.29) is 0 Å². The van der Waals surface area contributed by atoms with Crippen LogP contribution < -0.4 is 5.73 Å². The molecular formula is C17H34N2. The van der Waals surface area contributed by atoms with Gasteiger partial charge in [0.25, 0.3) is 0 Å². The molecule has 2 nitrogen and oxygen atoms in total. The Balaban J connectivity index is 1.94. The number of nitrogens with two attached hydrogens (primary N) is 1. The van der Waals surface area contributed by atoms with Crippen molar-refractivity contribution in [3.63, 3.8) is 0 Å². The molecule has 2 N–H and O–H groups in total. The second kappa shape index (κ2) is 5.73. The van der Waals surface area contributed by atoms with Gasteiger partial charge in [0.15, 0.2) is 0 Å². The normalized spacial score (nSPS) is 39.5. The van der Waals surface area contributed by atoms with Crippen LogP contribution in [0.4, 0.5) is 0 Å². The van der Waals surface area contributed by atoms with E-state index in [2.05, 4.69) is 39.5 Å². The van der Waals surface area contributed by atoms with E-state index in [9.17, 15) is 0 Å². The van der Waals surface area contributed by atoms with Crippen LogP contribution >= 0.6 is 0 Å². The zero-order chi connectivity index (χ0) is 14.2. The summed E-state index contributed by atoms with van der Waals surface area (Å²) < 4.78 is 0. The van der Waals surface area contributed by atoms with Gasteiger partial charge < -0.3 is 5.73 Å². The molecule has 0 spiro atoms. The van der Waals surface area contributed by atoms with Gasteiger partial charge in [0.05, 0.1) is 0 Å². The second-order valence-corrected chi connectivity index (χ2v) is 8.38. The summed E-state index contributed by atoms with van der Waals surface area (Å²) in [7, 11) is 0. The minimum Gasteiger partial charge on any atom is -0.326 e. The molecule has 0 bridgehead atoms. The molecule has 0 amide bonds. The van der Waals surface area contributed by atoms with Crippen molar-refractivity contribution in [2.75, 3.05) is 13.1 Å². The van der Waals surface area contributed by atoms with Crippen LogP contribution in [-0.4, -0.2) is 30.1 Å². The van der Waals surface area contributed by atoms with Crippen LogP contribution in [0.5, 0.6) is 0 Å². The summed E-state index contributed by atoms with van der Waals surface area (Å²) in [5, 5.41) is 0. The number of nitrogens with zero attached hydrogens (tertiary/aromatic N) is 1. The monoisotopic (exact) mass is 266 g/mol. The summed E-state index contributed by atoms with van der Waals surface area (Å²) >= 11 is 0. The summed E-state index contributed by atoms with van der Waals surface area (Å²) in [4.78, 5) is 2.71. The average Bonchev–Trinajstić information content (AvgIpc) is 2.27. The zero-order valence-electron chi connectivity index (χ0n) is 13.7. The van der Waals surface area contributed by atoms with Crippen LogP contribution in [0.3, 0.4) is 0 Å². The molecule has 0 radical (unpaired) electrons. The number of hydrogen-bond donors (Lipinski definition) is 1. The van der Waals surface area contributed by atoms with Gasteiger partial charge >= 0.3 is 0 Å². The van der Waals surface area contributed by atoms with E-state index in [0.29, 0.717) is 17.5 Å². The van der Waals surface area contributed by atoms with Crippen molar-refractivity contribution in [3.8, 4) is 0 Å². The fraction of sp³-hybridized carbons (Fsp3) is 1.00. The molecule has 2 fully saturated rings. The lowest BCUT2D eigenvalue weighted by Crippen LogP contribution is -2.57. The van der Waals surface area contributed by atoms with Gasteiger partial charge in [0, 0.05) is 12.1 Å². The van der Waals surface area contributed by atoms with Crippen molar-refractivity contribution < 1.29 is 0 Å². The van der Waals surface area contributed by atoms with E-state index >= 15 is 0 Å². The van der Waals surface area contributed by atoms with Crippen LogP contribution in [0, 0.1) is 23.2 Å². The van der Waals surface area contributed by atoms with Gasteiger partial charge in [0.1, 0.15) is 0 Å². The van der Waals surface area contributed by atoms with Crippen molar-refractivity contribution in [1.82, 2.24) is 4.90 Å². The summed E-state index contributed by atoms with van der Waals surface area (Å²) in [6.07, 6.45) is 5.29. The Morgan fingerprint density at radius 3 is 2.05 bits per heavy atom. The van der Waals surface area contributed by atoms with Gasteiger partial charge in [-0.25, -0.2) is 0 Å². The van der Waals surface area contributed by atoms with Crippen LogP contribution in [0.1, 0.15) is 60.3 Å². The van der Waals surface area contributed by atoms with E-state index in [0.717, 1.165) is 17.8 Å². The molecule has 4 unspecified atom stereocenters. The molecule has 2 rings (SSSR count). The van der Waals surface area contributed by atoms with Crippen LogP contribution in [0.15, 0.2) is 0 Å².